The van der Waals surface area contributed by atoms with Crippen molar-refractivity contribution in [3.8, 4) is 6.07 Å². The molecule has 3 atom stereocenters. The quantitative estimate of drug-likeness (QED) is 0.854. The second-order valence-electron chi connectivity index (χ2n) is 6.26. The molecule has 118 valence electrons. The standard InChI is InChI=1S/C17H20F2N2S/c1-11-4-5-14(19)13(8-11)16(3,10-18)15-9-17(15,6-7-20)22-12(2)21/h4-5,8,15H,2,6,9-10,21H2,1,3H3/t15?,16-,17-/m0/s1. The van der Waals surface area contributed by atoms with Gasteiger partial charge in [-0.1, -0.05) is 31.2 Å². The van der Waals surface area contributed by atoms with Gasteiger partial charge in [0, 0.05) is 10.2 Å². The highest BCUT2D eigenvalue weighted by atomic mass is 32.2. The maximum absolute atomic E-state index is 14.3. The molecule has 0 aromatic heterocycles. The van der Waals surface area contributed by atoms with Gasteiger partial charge in [-0.25, -0.2) is 4.39 Å². The van der Waals surface area contributed by atoms with E-state index >= 15 is 0 Å². The van der Waals surface area contributed by atoms with E-state index in [1.54, 1.807) is 19.1 Å². The number of hydrogen-bond donors (Lipinski definition) is 1. The van der Waals surface area contributed by atoms with Crippen LogP contribution in [0.1, 0.15) is 30.9 Å². The van der Waals surface area contributed by atoms with Crippen molar-refractivity contribution in [2.24, 2.45) is 11.7 Å². The summed E-state index contributed by atoms with van der Waals surface area (Å²) in [6.07, 6.45) is 0.886. The molecule has 1 aliphatic carbocycles. The minimum absolute atomic E-state index is 0.147. The average Bonchev–Trinajstić information content (AvgIpc) is 3.14. The number of thioether (sulfide) groups is 1. The Balaban J connectivity index is 2.41. The molecule has 1 aliphatic rings. The molecule has 1 saturated carbocycles. The highest BCUT2D eigenvalue weighted by Crippen LogP contribution is 2.65. The van der Waals surface area contributed by atoms with Gasteiger partial charge in [-0.15, -0.1) is 11.8 Å². The summed E-state index contributed by atoms with van der Waals surface area (Å²) < 4.78 is 27.7. The fourth-order valence-electron chi connectivity index (χ4n) is 3.26. The van der Waals surface area contributed by atoms with Gasteiger partial charge in [0.15, 0.2) is 0 Å². The molecule has 0 heterocycles. The first-order valence-electron chi connectivity index (χ1n) is 7.12. The Hall–Kier alpha value is -1.54. The van der Waals surface area contributed by atoms with Crippen LogP contribution in [0.25, 0.3) is 0 Å². The number of nitrogens with two attached hydrogens (primary N) is 1. The Bertz CT molecular complexity index is 640. The highest BCUT2D eigenvalue weighted by molar-refractivity contribution is 8.04. The Morgan fingerprint density at radius 2 is 2.32 bits per heavy atom. The van der Waals surface area contributed by atoms with E-state index in [1.807, 2.05) is 6.92 Å². The average molecular weight is 322 g/mol. The number of rotatable bonds is 6. The second-order valence-corrected chi connectivity index (χ2v) is 7.80. The van der Waals surface area contributed by atoms with Gasteiger partial charge in [0.2, 0.25) is 0 Å². The molecule has 22 heavy (non-hydrogen) atoms. The zero-order chi connectivity index (χ0) is 16.5. The fraction of sp³-hybridized carbons (Fsp3) is 0.471. The van der Waals surface area contributed by atoms with E-state index in [1.165, 1.54) is 17.8 Å². The van der Waals surface area contributed by atoms with Crippen LogP contribution in [0.4, 0.5) is 8.78 Å². The van der Waals surface area contributed by atoms with Gasteiger partial charge in [-0.2, -0.15) is 5.26 Å². The van der Waals surface area contributed by atoms with Crippen LogP contribution in [-0.2, 0) is 5.41 Å². The summed E-state index contributed by atoms with van der Waals surface area (Å²) >= 11 is 1.32. The van der Waals surface area contributed by atoms with Crippen LogP contribution in [-0.4, -0.2) is 11.4 Å². The van der Waals surface area contributed by atoms with Gasteiger partial charge >= 0.3 is 0 Å². The maximum atomic E-state index is 14.3. The summed E-state index contributed by atoms with van der Waals surface area (Å²) in [5.74, 6) is -0.550. The summed E-state index contributed by atoms with van der Waals surface area (Å²) in [5, 5.41) is 9.48. The summed E-state index contributed by atoms with van der Waals surface area (Å²) in [6, 6.07) is 6.89. The maximum Gasteiger partial charge on any atom is 0.127 e. The van der Waals surface area contributed by atoms with E-state index in [4.69, 9.17) is 11.0 Å². The van der Waals surface area contributed by atoms with Crippen molar-refractivity contribution in [1.82, 2.24) is 0 Å². The largest absolute Gasteiger partial charge is 0.394 e. The molecule has 1 aromatic carbocycles. The van der Waals surface area contributed by atoms with Gasteiger partial charge in [0.25, 0.3) is 0 Å². The molecule has 0 bridgehead atoms. The lowest BCUT2D eigenvalue weighted by Gasteiger charge is -2.30. The Morgan fingerprint density at radius 3 is 2.86 bits per heavy atom. The lowest BCUT2D eigenvalue weighted by molar-refractivity contribution is 0.277. The van der Waals surface area contributed by atoms with E-state index in [9.17, 15) is 8.78 Å². The van der Waals surface area contributed by atoms with E-state index < -0.39 is 22.7 Å². The number of benzene rings is 1. The normalized spacial score (nSPS) is 26.0. The zero-order valence-corrected chi connectivity index (χ0v) is 13.6. The molecule has 1 aromatic rings. The van der Waals surface area contributed by atoms with E-state index in [0.29, 0.717) is 17.0 Å². The molecule has 0 radical (unpaired) electrons. The Morgan fingerprint density at radius 1 is 1.64 bits per heavy atom. The van der Waals surface area contributed by atoms with Crippen molar-refractivity contribution < 1.29 is 8.78 Å². The summed E-state index contributed by atoms with van der Waals surface area (Å²) in [4.78, 5) is 0. The summed E-state index contributed by atoms with van der Waals surface area (Å²) in [6.45, 7) is 6.58. The molecule has 5 heteroatoms. The minimum atomic E-state index is -0.963. The molecule has 0 aliphatic heterocycles. The molecule has 2 N–H and O–H groups in total. The third-order valence-electron chi connectivity index (χ3n) is 4.52. The topological polar surface area (TPSA) is 49.8 Å². The van der Waals surface area contributed by atoms with Crippen molar-refractivity contribution >= 4 is 11.8 Å². The van der Waals surface area contributed by atoms with Gasteiger partial charge in [0.05, 0.1) is 24.2 Å². The summed E-state index contributed by atoms with van der Waals surface area (Å²) in [7, 11) is 0. The van der Waals surface area contributed by atoms with Crippen molar-refractivity contribution in [3.05, 3.63) is 46.8 Å². The molecule has 1 fully saturated rings. The van der Waals surface area contributed by atoms with E-state index in [-0.39, 0.29) is 12.3 Å². The van der Waals surface area contributed by atoms with Crippen LogP contribution >= 0.6 is 11.8 Å². The van der Waals surface area contributed by atoms with Crippen molar-refractivity contribution in [2.45, 2.75) is 36.9 Å². The highest BCUT2D eigenvalue weighted by Gasteiger charge is 2.63. The van der Waals surface area contributed by atoms with E-state index in [0.717, 1.165) is 5.56 Å². The smallest absolute Gasteiger partial charge is 0.127 e. The van der Waals surface area contributed by atoms with Crippen LogP contribution in [0.5, 0.6) is 0 Å². The van der Waals surface area contributed by atoms with Gasteiger partial charge in [0.1, 0.15) is 5.82 Å². The first kappa shape index (κ1) is 16.8. The fourth-order valence-corrected chi connectivity index (χ4v) is 4.57. The molecule has 1 unspecified atom stereocenters. The van der Waals surface area contributed by atoms with Crippen LogP contribution < -0.4 is 5.73 Å². The Labute approximate surface area is 134 Å². The van der Waals surface area contributed by atoms with Gasteiger partial charge in [-0.3, -0.25) is 4.39 Å². The number of nitriles is 1. The third-order valence-corrected chi connectivity index (χ3v) is 5.79. The van der Waals surface area contributed by atoms with Crippen molar-refractivity contribution in [3.63, 3.8) is 0 Å². The van der Waals surface area contributed by atoms with Crippen molar-refractivity contribution in [2.75, 3.05) is 6.67 Å². The second kappa shape index (κ2) is 5.92. The molecular weight excluding hydrogens is 302 g/mol. The first-order chi connectivity index (χ1) is 10.3. The minimum Gasteiger partial charge on any atom is -0.394 e. The molecule has 2 nitrogen and oxygen atoms in total. The lowest BCUT2D eigenvalue weighted by Crippen LogP contribution is -2.33. The monoisotopic (exact) mass is 322 g/mol. The van der Waals surface area contributed by atoms with E-state index in [2.05, 4.69) is 12.6 Å². The molecule has 0 saturated heterocycles. The predicted octanol–water partition coefficient (Wildman–Crippen LogP) is 4.20. The van der Waals surface area contributed by atoms with Crippen molar-refractivity contribution in [1.29, 1.82) is 5.26 Å². The van der Waals surface area contributed by atoms with Crippen LogP contribution in [0.3, 0.4) is 0 Å². The molecule has 0 spiro atoms. The molecular formula is C17H20F2N2S. The Kier molecular flexibility index (Phi) is 4.53. The lowest BCUT2D eigenvalue weighted by atomic mass is 9.77. The molecule has 0 amide bonds. The van der Waals surface area contributed by atoms with Crippen LogP contribution in [0.2, 0.25) is 0 Å². The number of nitrogens with zero attached hydrogens (tertiary/aromatic N) is 1. The first-order valence-corrected chi connectivity index (χ1v) is 7.93. The zero-order valence-electron chi connectivity index (χ0n) is 12.8. The van der Waals surface area contributed by atoms with Gasteiger partial charge in [-0.05, 0) is 30.9 Å². The molecule has 2 rings (SSSR count). The number of alkyl halides is 1. The van der Waals surface area contributed by atoms with Crippen LogP contribution in [0, 0.1) is 30.0 Å². The number of halogens is 2. The number of hydrogen-bond acceptors (Lipinski definition) is 3. The van der Waals surface area contributed by atoms with Gasteiger partial charge < -0.3 is 5.73 Å². The SMILES string of the molecule is C=C(N)S[C@@]1(CC#N)CC1[C@@](C)(CF)c1cc(C)ccc1F. The number of aryl methyl sites for hydroxylation is 1. The van der Waals surface area contributed by atoms with Crippen LogP contribution in [0.15, 0.2) is 29.8 Å². The third kappa shape index (κ3) is 2.85. The predicted molar refractivity (Wildman–Crippen MR) is 86.5 cm³/mol. The summed E-state index contributed by atoms with van der Waals surface area (Å²) in [5.41, 5.74) is 5.98.